The van der Waals surface area contributed by atoms with Crippen LogP contribution in [0.1, 0.15) is 25.7 Å². The van der Waals surface area contributed by atoms with Gasteiger partial charge in [-0.2, -0.15) is 5.10 Å². The number of rotatable bonds is 3. The van der Waals surface area contributed by atoms with Gasteiger partial charge in [0.1, 0.15) is 0 Å². The van der Waals surface area contributed by atoms with Gasteiger partial charge in [-0.3, -0.25) is 9.78 Å². The zero-order valence-corrected chi connectivity index (χ0v) is 11.1. The van der Waals surface area contributed by atoms with Gasteiger partial charge in [0.2, 0.25) is 5.95 Å². The maximum atomic E-state index is 11.7. The second-order valence-electron chi connectivity index (χ2n) is 4.84. The summed E-state index contributed by atoms with van der Waals surface area (Å²) >= 11 is 0. The minimum absolute atomic E-state index is 0.187. The zero-order chi connectivity index (χ0) is 13.8. The van der Waals surface area contributed by atoms with Crippen LogP contribution >= 0.6 is 0 Å². The van der Waals surface area contributed by atoms with Crippen LogP contribution in [0.4, 0.5) is 5.95 Å². The van der Waals surface area contributed by atoms with E-state index in [0.717, 1.165) is 24.1 Å². The summed E-state index contributed by atoms with van der Waals surface area (Å²) in [6, 6.07) is 11.1. The summed E-state index contributed by atoms with van der Waals surface area (Å²) in [5.74, 6) is 0.385. The highest BCUT2D eigenvalue weighted by Gasteiger charge is 2.08. The molecule has 0 radical (unpaired) electrons. The van der Waals surface area contributed by atoms with E-state index in [2.05, 4.69) is 20.5 Å². The molecular formula is C15H16N4O. The third kappa shape index (κ3) is 2.93. The quantitative estimate of drug-likeness (QED) is 0.841. The van der Waals surface area contributed by atoms with Crippen molar-refractivity contribution in [1.29, 1.82) is 0 Å². The van der Waals surface area contributed by atoms with Crippen molar-refractivity contribution in [1.82, 2.24) is 9.97 Å². The van der Waals surface area contributed by atoms with E-state index in [-0.39, 0.29) is 5.56 Å². The molecule has 5 nitrogen and oxygen atoms in total. The Morgan fingerprint density at radius 2 is 1.90 bits per heavy atom. The van der Waals surface area contributed by atoms with Gasteiger partial charge in [-0.15, -0.1) is 0 Å². The molecule has 1 heterocycles. The number of benzene rings is 1. The second kappa shape index (κ2) is 5.69. The fourth-order valence-corrected chi connectivity index (χ4v) is 2.29. The zero-order valence-electron chi connectivity index (χ0n) is 11.1. The average molecular weight is 268 g/mol. The molecule has 1 aromatic heterocycles. The summed E-state index contributed by atoms with van der Waals surface area (Å²) in [5, 5.41) is 4.30. The van der Waals surface area contributed by atoms with Crippen molar-refractivity contribution in [3.63, 3.8) is 0 Å². The van der Waals surface area contributed by atoms with E-state index in [1.54, 1.807) is 0 Å². The molecule has 0 unspecified atom stereocenters. The monoisotopic (exact) mass is 268 g/mol. The predicted octanol–water partition coefficient (Wildman–Crippen LogP) is 2.78. The van der Waals surface area contributed by atoms with Gasteiger partial charge in [0.05, 0.1) is 5.69 Å². The van der Waals surface area contributed by atoms with Crippen LogP contribution in [0.25, 0.3) is 11.3 Å². The molecule has 1 aromatic carbocycles. The molecule has 20 heavy (non-hydrogen) atoms. The van der Waals surface area contributed by atoms with Crippen molar-refractivity contribution < 1.29 is 0 Å². The summed E-state index contributed by atoms with van der Waals surface area (Å²) in [4.78, 5) is 18.7. The number of aromatic nitrogens is 2. The predicted molar refractivity (Wildman–Crippen MR) is 79.8 cm³/mol. The highest BCUT2D eigenvalue weighted by molar-refractivity contribution is 5.86. The lowest BCUT2D eigenvalue weighted by molar-refractivity contribution is 0.886. The first-order chi connectivity index (χ1) is 9.81. The Morgan fingerprint density at radius 3 is 2.65 bits per heavy atom. The van der Waals surface area contributed by atoms with E-state index >= 15 is 0 Å². The van der Waals surface area contributed by atoms with Crippen LogP contribution < -0.4 is 11.0 Å². The van der Waals surface area contributed by atoms with Gasteiger partial charge in [0.25, 0.3) is 5.56 Å². The Hall–Kier alpha value is -2.43. The molecule has 0 saturated heterocycles. The molecule has 0 atom stereocenters. The van der Waals surface area contributed by atoms with Gasteiger partial charge in [-0.05, 0) is 25.7 Å². The molecule has 1 saturated carbocycles. The fourth-order valence-electron chi connectivity index (χ4n) is 2.29. The maximum Gasteiger partial charge on any atom is 0.252 e. The summed E-state index contributed by atoms with van der Waals surface area (Å²) in [7, 11) is 0. The molecule has 0 spiro atoms. The van der Waals surface area contributed by atoms with Crippen LogP contribution in [0, 0.1) is 0 Å². The van der Waals surface area contributed by atoms with Crippen molar-refractivity contribution >= 4 is 11.7 Å². The number of hydrogen-bond donors (Lipinski definition) is 2. The fraction of sp³-hybridized carbons (Fsp3) is 0.267. The van der Waals surface area contributed by atoms with E-state index in [1.165, 1.54) is 18.9 Å². The second-order valence-corrected chi connectivity index (χ2v) is 4.84. The van der Waals surface area contributed by atoms with Crippen LogP contribution in [0.2, 0.25) is 0 Å². The Labute approximate surface area is 116 Å². The Balaban J connectivity index is 1.87. The van der Waals surface area contributed by atoms with Crippen molar-refractivity contribution in [2.24, 2.45) is 5.10 Å². The van der Waals surface area contributed by atoms with Crippen molar-refractivity contribution in [3.05, 3.63) is 46.8 Å². The molecule has 2 aromatic rings. The standard InChI is InChI=1S/C15H16N4O/c20-14-10-13(11-6-2-1-3-7-11)16-15(17-14)19-18-12-8-4-5-9-12/h1-3,6-7,10H,4-5,8-9H2,(H2,16,17,19,20). The molecule has 0 amide bonds. The van der Waals surface area contributed by atoms with Gasteiger partial charge in [0, 0.05) is 17.3 Å². The first-order valence-electron chi connectivity index (χ1n) is 6.79. The Kier molecular flexibility index (Phi) is 3.58. The third-order valence-electron chi connectivity index (χ3n) is 3.31. The van der Waals surface area contributed by atoms with E-state index in [0.29, 0.717) is 11.6 Å². The number of aromatic amines is 1. The lowest BCUT2D eigenvalue weighted by atomic mass is 10.1. The molecule has 0 aliphatic heterocycles. The highest BCUT2D eigenvalue weighted by atomic mass is 16.1. The first-order valence-corrected chi connectivity index (χ1v) is 6.79. The molecule has 102 valence electrons. The van der Waals surface area contributed by atoms with Crippen LogP contribution in [-0.2, 0) is 0 Å². The normalized spacial score (nSPS) is 14.3. The summed E-state index contributed by atoms with van der Waals surface area (Å²) in [6.45, 7) is 0. The van der Waals surface area contributed by atoms with Gasteiger partial charge in [0.15, 0.2) is 0 Å². The van der Waals surface area contributed by atoms with Crippen LogP contribution in [0.15, 0.2) is 46.3 Å². The van der Waals surface area contributed by atoms with Crippen molar-refractivity contribution in [2.45, 2.75) is 25.7 Å². The minimum Gasteiger partial charge on any atom is -0.291 e. The molecule has 5 heteroatoms. The number of anilines is 1. The topological polar surface area (TPSA) is 70.1 Å². The van der Waals surface area contributed by atoms with Gasteiger partial charge in [-0.1, -0.05) is 30.3 Å². The molecule has 1 aliphatic carbocycles. The van der Waals surface area contributed by atoms with Crippen molar-refractivity contribution in [3.8, 4) is 11.3 Å². The van der Waals surface area contributed by atoms with Gasteiger partial charge >= 0.3 is 0 Å². The molecule has 1 fully saturated rings. The number of nitrogens with one attached hydrogen (secondary N) is 2. The minimum atomic E-state index is -0.187. The summed E-state index contributed by atoms with van der Waals surface area (Å²) in [6.07, 6.45) is 4.42. The Bertz CT molecular complexity index is 668. The largest absolute Gasteiger partial charge is 0.291 e. The van der Waals surface area contributed by atoms with E-state index in [1.807, 2.05) is 30.3 Å². The summed E-state index contributed by atoms with van der Waals surface area (Å²) in [5.41, 5.74) is 5.36. The van der Waals surface area contributed by atoms with Gasteiger partial charge < -0.3 is 0 Å². The Morgan fingerprint density at radius 1 is 1.15 bits per heavy atom. The highest BCUT2D eigenvalue weighted by Crippen LogP contribution is 2.17. The SMILES string of the molecule is O=c1cc(-c2ccccc2)nc(NN=C2CCCC2)[nH]1. The van der Waals surface area contributed by atoms with Crippen LogP contribution in [0.5, 0.6) is 0 Å². The molecule has 1 aliphatic rings. The van der Waals surface area contributed by atoms with E-state index in [4.69, 9.17) is 0 Å². The van der Waals surface area contributed by atoms with E-state index in [9.17, 15) is 4.79 Å². The van der Waals surface area contributed by atoms with Crippen molar-refractivity contribution in [2.75, 3.05) is 5.43 Å². The third-order valence-corrected chi connectivity index (χ3v) is 3.31. The molecule has 0 bridgehead atoms. The van der Waals surface area contributed by atoms with Crippen LogP contribution in [-0.4, -0.2) is 15.7 Å². The average Bonchev–Trinajstić information content (AvgIpc) is 2.99. The molecular weight excluding hydrogens is 252 g/mol. The van der Waals surface area contributed by atoms with Crippen LogP contribution in [0.3, 0.4) is 0 Å². The lowest BCUT2D eigenvalue weighted by Crippen LogP contribution is -2.11. The van der Waals surface area contributed by atoms with Gasteiger partial charge in [-0.25, -0.2) is 10.4 Å². The van der Waals surface area contributed by atoms with E-state index < -0.39 is 0 Å². The molecule has 3 rings (SSSR count). The first kappa shape index (κ1) is 12.6. The molecule has 2 N–H and O–H groups in total. The smallest absolute Gasteiger partial charge is 0.252 e. The number of hydrazone groups is 1. The number of nitrogens with zero attached hydrogens (tertiary/aromatic N) is 2. The maximum absolute atomic E-state index is 11.7. The number of hydrogen-bond acceptors (Lipinski definition) is 4. The lowest BCUT2D eigenvalue weighted by Gasteiger charge is -2.04. The summed E-state index contributed by atoms with van der Waals surface area (Å²) < 4.78 is 0. The number of H-pyrrole nitrogens is 1.